The van der Waals surface area contributed by atoms with Crippen molar-refractivity contribution in [1.82, 2.24) is 4.98 Å². The molecule has 1 heterocycles. The molecule has 2 amide bonds. The van der Waals surface area contributed by atoms with Gasteiger partial charge in [0.1, 0.15) is 6.10 Å². The van der Waals surface area contributed by atoms with Crippen molar-refractivity contribution in [3.63, 3.8) is 0 Å². The number of benzene rings is 2. The number of halogens is 3. The SMILES string of the molecule is O=COC1CCC(c2ncc(-c3ccc(NC(=O)Nc4ccc(F)c(F)c4F)cc3)s2)CC1. The smallest absolute Gasteiger partial charge is 0.323 e. The van der Waals surface area contributed by atoms with E-state index in [0.29, 0.717) is 18.1 Å². The molecule has 1 aromatic heterocycles. The first-order valence-corrected chi connectivity index (χ1v) is 11.1. The van der Waals surface area contributed by atoms with E-state index in [1.807, 2.05) is 18.3 Å². The fourth-order valence-electron chi connectivity index (χ4n) is 3.76. The Morgan fingerprint density at radius 3 is 2.42 bits per heavy atom. The summed E-state index contributed by atoms with van der Waals surface area (Å²) in [6, 6.07) is 7.88. The van der Waals surface area contributed by atoms with Gasteiger partial charge in [0.05, 0.1) is 15.6 Å². The molecule has 2 aromatic carbocycles. The molecule has 1 fully saturated rings. The Kier molecular flexibility index (Phi) is 6.93. The Balaban J connectivity index is 1.35. The summed E-state index contributed by atoms with van der Waals surface area (Å²) in [5.41, 5.74) is 0.902. The van der Waals surface area contributed by atoms with Gasteiger partial charge in [-0.25, -0.2) is 22.9 Å². The minimum absolute atomic E-state index is 0.00555. The molecular weight excluding hydrogens is 455 g/mol. The Bertz CT molecular complexity index is 1150. The molecule has 0 atom stereocenters. The number of nitrogens with zero attached hydrogens (tertiary/aromatic N) is 1. The van der Waals surface area contributed by atoms with Crippen LogP contribution in [0, 0.1) is 17.5 Å². The molecule has 3 aromatic rings. The summed E-state index contributed by atoms with van der Waals surface area (Å²) in [6.07, 6.45) is 5.30. The van der Waals surface area contributed by atoms with Crippen LogP contribution >= 0.6 is 11.3 Å². The standard InChI is InChI=1S/C23H20F3N3O3S/c24-17-9-10-18(21(26)20(17)25)29-23(31)28-15-5-1-13(2-6-15)19-11-27-22(33-19)14-3-7-16(8-4-14)32-12-30/h1-2,5-6,9-12,14,16H,3-4,7-8H2,(H2,28,29,31). The lowest BCUT2D eigenvalue weighted by atomic mass is 9.88. The maximum atomic E-state index is 13.7. The van der Waals surface area contributed by atoms with E-state index in [0.717, 1.165) is 53.3 Å². The Morgan fingerprint density at radius 1 is 1.00 bits per heavy atom. The van der Waals surface area contributed by atoms with Crippen molar-refractivity contribution in [2.75, 3.05) is 10.6 Å². The van der Waals surface area contributed by atoms with E-state index in [-0.39, 0.29) is 6.10 Å². The minimum Gasteiger partial charge on any atom is -0.465 e. The highest BCUT2D eigenvalue weighted by molar-refractivity contribution is 7.15. The van der Waals surface area contributed by atoms with Gasteiger partial charge in [0, 0.05) is 17.8 Å². The predicted octanol–water partition coefficient (Wildman–Crippen LogP) is 6.07. The van der Waals surface area contributed by atoms with Crippen molar-refractivity contribution in [3.05, 3.63) is 65.1 Å². The summed E-state index contributed by atoms with van der Waals surface area (Å²) < 4.78 is 45.1. The molecule has 2 N–H and O–H groups in total. The monoisotopic (exact) mass is 475 g/mol. The van der Waals surface area contributed by atoms with Crippen LogP contribution in [-0.2, 0) is 9.53 Å². The fraction of sp³-hybridized carbons (Fsp3) is 0.261. The molecule has 4 rings (SSSR count). The summed E-state index contributed by atoms with van der Waals surface area (Å²) in [7, 11) is 0. The average molecular weight is 475 g/mol. The Morgan fingerprint density at radius 2 is 1.73 bits per heavy atom. The second kappa shape index (κ2) is 10.0. The highest BCUT2D eigenvalue weighted by atomic mass is 32.1. The van der Waals surface area contributed by atoms with Crippen molar-refractivity contribution >= 4 is 35.2 Å². The number of aromatic nitrogens is 1. The minimum atomic E-state index is -1.65. The van der Waals surface area contributed by atoms with Gasteiger partial charge in [0.2, 0.25) is 0 Å². The zero-order chi connectivity index (χ0) is 23.4. The lowest BCUT2D eigenvalue weighted by molar-refractivity contribution is -0.135. The quantitative estimate of drug-likeness (QED) is 0.335. The number of hydrogen-bond acceptors (Lipinski definition) is 5. The van der Waals surface area contributed by atoms with Gasteiger partial charge >= 0.3 is 6.03 Å². The number of carbonyl (C=O) groups is 2. The highest BCUT2D eigenvalue weighted by Gasteiger charge is 2.25. The first-order chi connectivity index (χ1) is 15.9. The normalized spacial score (nSPS) is 17.9. The van der Waals surface area contributed by atoms with Crippen molar-refractivity contribution in [3.8, 4) is 10.4 Å². The molecule has 1 aliphatic rings. The van der Waals surface area contributed by atoms with Crippen LogP contribution in [-0.4, -0.2) is 23.6 Å². The largest absolute Gasteiger partial charge is 0.465 e. The number of amides is 2. The van der Waals surface area contributed by atoms with Gasteiger partial charge in [-0.15, -0.1) is 11.3 Å². The van der Waals surface area contributed by atoms with Crippen molar-refractivity contribution in [2.24, 2.45) is 0 Å². The molecule has 0 radical (unpaired) electrons. The Hall–Kier alpha value is -3.40. The highest BCUT2D eigenvalue weighted by Crippen LogP contribution is 2.38. The predicted molar refractivity (Wildman–Crippen MR) is 119 cm³/mol. The van der Waals surface area contributed by atoms with Gasteiger partial charge in [0.15, 0.2) is 17.5 Å². The van der Waals surface area contributed by atoms with Crippen LogP contribution in [0.5, 0.6) is 0 Å². The third-order valence-corrected chi connectivity index (χ3v) is 6.71. The molecule has 0 bridgehead atoms. The number of thiazole rings is 1. The number of ether oxygens (including phenoxy) is 1. The molecule has 10 heteroatoms. The van der Waals surface area contributed by atoms with Crippen LogP contribution in [0.3, 0.4) is 0 Å². The van der Waals surface area contributed by atoms with E-state index >= 15 is 0 Å². The van der Waals surface area contributed by atoms with E-state index < -0.39 is 29.2 Å². The molecular formula is C23H20F3N3O3S. The first-order valence-electron chi connectivity index (χ1n) is 10.3. The molecule has 172 valence electrons. The number of anilines is 2. The van der Waals surface area contributed by atoms with Gasteiger partial charge < -0.3 is 15.4 Å². The summed E-state index contributed by atoms with van der Waals surface area (Å²) >= 11 is 1.60. The zero-order valence-corrected chi connectivity index (χ0v) is 18.1. The maximum Gasteiger partial charge on any atom is 0.323 e. The van der Waals surface area contributed by atoms with Crippen LogP contribution < -0.4 is 10.6 Å². The molecule has 1 aliphatic carbocycles. The molecule has 0 aliphatic heterocycles. The van der Waals surface area contributed by atoms with Gasteiger partial charge in [-0.3, -0.25) is 4.79 Å². The average Bonchev–Trinajstić information content (AvgIpc) is 3.31. The van der Waals surface area contributed by atoms with Crippen LogP contribution in [0.25, 0.3) is 10.4 Å². The second-order valence-corrected chi connectivity index (χ2v) is 8.71. The van der Waals surface area contributed by atoms with Gasteiger partial charge in [-0.1, -0.05) is 12.1 Å². The van der Waals surface area contributed by atoms with E-state index in [1.54, 1.807) is 23.5 Å². The van der Waals surface area contributed by atoms with Crippen LogP contribution in [0.4, 0.5) is 29.3 Å². The van der Waals surface area contributed by atoms with Crippen molar-refractivity contribution in [1.29, 1.82) is 0 Å². The van der Waals surface area contributed by atoms with Gasteiger partial charge in [-0.05, 0) is 55.5 Å². The summed E-state index contributed by atoms with van der Waals surface area (Å²) in [6.45, 7) is 0.509. The third-order valence-electron chi connectivity index (χ3n) is 5.51. The number of rotatable bonds is 6. The first kappa shape index (κ1) is 22.8. The summed E-state index contributed by atoms with van der Waals surface area (Å²) in [4.78, 5) is 28.1. The van der Waals surface area contributed by atoms with Crippen LogP contribution in [0.15, 0.2) is 42.6 Å². The number of hydrogen-bond donors (Lipinski definition) is 2. The van der Waals surface area contributed by atoms with Crippen molar-refractivity contribution < 1.29 is 27.5 Å². The second-order valence-electron chi connectivity index (χ2n) is 7.65. The topological polar surface area (TPSA) is 80.3 Å². The third kappa shape index (κ3) is 5.33. The number of nitrogens with one attached hydrogen (secondary N) is 2. The van der Waals surface area contributed by atoms with Crippen molar-refractivity contribution in [2.45, 2.75) is 37.7 Å². The zero-order valence-electron chi connectivity index (χ0n) is 17.3. The van der Waals surface area contributed by atoms with E-state index in [4.69, 9.17) is 4.74 Å². The molecule has 0 saturated heterocycles. The van der Waals surface area contributed by atoms with Crippen LogP contribution in [0.2, 0.25) is 0 Å². The van der Waals surface area contributed by atoms with E-state index in [1.165, 1.54) is 0 Å². The molecule has 1 saturated carbocycles. The number of carbonyl (C=O) groups excluding carboxylic acids is 2. The van der Waals surface area contributed by atoms with Crippen LogP contribution in [0.1, 0.15) is 36.6 Å². The fourth-order valence-corrected chi connectivity index (χ4v) is 4.85. The molecule has 0 unspecified atom stereocenters. The summed E-state index contributed by atoms with van der Waals surface area (Å²) in [5.74, 6) is -4.11. The lowest BCUT2D eigenvalue weighted by Crippen LogP contribution is -2.20. The van der Waals surface area contributed by atoms with Gasteiger partial charge in [-0.2, -0.15) is 0 Å². The summed E-state index contributed by atoms with van der Waals surface area (Å²) in [5, 5.41) is 5.72. The molecule has 0 spiro atoms. The maximum absolute atomic E-state index is 13.7. The lowest BCUT2D eigenvalue weighted by Gasteiger charge is -2.25. The number of urea groups is 1. The molecule has 33 heavy (non-hydrogen) atoms. The van der Waals surface area contributed by atoms with Gasteiger partial charge in [0.25, 0.3) is 6.47 Å². The van der Waals surface area contributed by atoms with E-state index in [9.17, 15) is 22.8 Å². The Labute approximate surface area is 191 Å². The van der Waals surface area contributed by atoms with E-state index in [2.05, 4.69) is 15.6 Å². The molecule has 6 nitrogen and oxygen atoms in total.